The number of aryl methyl sites for hydroxylation is 1. The highest BCUT2D eigenvalue weighted by atomic mass is 35.5. The third kappa shape index (κ3) is 3.24. The monoisotopic (exact) mass is 290 g/mol. The molecule has 2 aromatic rings. The molecular weight excluding hydrogens is 276 g/mol. The number of amides is 1. The Morgan fingerprint density at radius 1 is 1.45 bits per heavy atom. The van der Waals surface area contributed by atoms with E-state index in [0.717, 1.165) is 17.8 Å². The molecule has 6 heteroatoms. The van der Waals surface area contributed by atoms with Crippen molar-refractivity contribution in [3.63, 3.8) is 0 Å². The van der Waals surface area contributed by atoms with Gasteiger partial charge in [0.1, 0.15) is 0 Å². The van der Waals surface area contributed by atoms with Crippen LogP contribution in [0.4, 0.5) is 0 Å². The summed E-state index contributed by atoms with van der Waals surface area (Å²) in [5, 5.41) is 8.73. The summed E-state index contributed by atoms with van der Waals surface area (Å²) in [4.78, 5) is 11.8. The number of benzene rings is 1. The van der Waals surface area contributed by atoms with Crippen LogP contribution < -0.4 is 5.43 Å². The Balaban J connectivity index is 2.00. The highest BCUT2D eigenvalue weighted by molar-refractivity contribution is 6.30. The molecule has 0 atom stereocenters. The lowest BCUT2D eigenvalue weighted by Gasteiger charge is -2.00. The predicted molar refractivity (Wildman–Crippen MR) is 79.2 cm³/mol. The number of aromatic nitrogens is 2. The first-order valence-electron chi connectivity index (χ1n) is 6.23. The average Bonchev–Trinajstić information content (AvgIpc) is 2.80. The molecule has 0 aliphatic rings. The fourth-order valence-electron chi connectivity index (χ4n) is 1.73. The number of carbonyl (C=O) groups excluding carboxylic acids is 1. The summed E-state index contributed by atoms with van der Waals surface area (Å²) in [5.41, 5.74) is 4.87. The summed E-state index contributed by atoms with van der Waals surface area (Å²) in [6.07, 6.45) is 3.30. The molecule has 0 saturated carbocycles. The Morgan fingerprint density at radius 3 is 2.75 bits per heavy atom. The van der Waals surface area contributed by atoms with E-state index in [2.05, 4.69) is 15.6 Å². The van der Waals surface area contributed by atoms with Gasteiger partial charge in [0.25, 0.3) is 5.91 Å². The predicted octanol–water partition coefficient (Wildman–Crippen LogP) is 2.63. The van der Waals surface area contributed by atoms with Crippen molar-refractivity contribution in [2.24, 2.45) is 5.10 Å². The fourth-order valence-corrected chi connectivity index (χ4v) is 1.86. The molecule has 0 saturated heterocycles. The molecule has 1 N–H and O–H groups in total. The van der Waals surface area contributed by atoms with Crippen LogP contribution >= 0.6 is 11.6 Å². The van der Waals surface area contributed by atoms with E-state index in [1.54, 1.807) is 36.7 Å². The molecule has 0 radical (unpaired) electrons. The molecular formula is C14H15ClN4O. The molecule has 1 aromatic heterocycles. The van der Waals surface area contributed by atoms with Gasteiger partial charge in [-0.25, -0.2) is 5.43 Å². The topological polar surface area (TPSA) is 59.3 Å². The van der Waals surface area contributed by atoms with Gasteiger partial charge in [-0.15, -0.1) is 0 Å². The van der Waals surface area contributed by atoms with Crippen LogP contribution in [-0.4, -0.2) is 21.9 Å². The number of halogens is 1. The molecule has 2 rings (SSSR count). The van der Waals surface area contributed by atoms with E-state index in [-0.39, 0.29) is 5.91 Å². The van der Waals surface area contributed by atoms with Crippen LogP contribution in [-0.2, 0) is 6.54 Å². The summed E-state index contributed by atoms with van der Waals surface area (Å²) < 4.78 is 1.86. The minimum atomic E-state index is -0.279. The molecule has 5 nitrogen and oxygen atoms in total. The number of hydrogen-bond donors (Lipinski definition) is 1. The maximum absolute atomic E-state index is 11.8. The second-order valence-electron chi connectivity index (χ2n) is 4.21. The Labute approximate surface area is 122 Å². The quantitative estimate of drug-likeness (QED) is 0.695. The molecule has 0 bridgehead atoms. The highest BCUT2D eigenvalue weighted by Gasteiger charge is 2.04. The molecule has 20 heavy (non-hydrogen) atoms. The van der Waals surface area contributed by atoms with Gasteiger partial charge in [0.05, 0.1) is 12.4 Å². The third-order valence-electron chi connectivity index (χ3n) is 2.92. The number of nitrogens with one attached hydrogen (secondary N) is 1. The number of hydrogen-bond acceptors (Lipinski definition) is 3. The van der Waals surface area contributed by atoms with E-state index in [0.29, 0.717) is 10.6 Å². The van der Waals surface area contributed by atoms with Crippen molar-refractivity contribution >= 4 is 23.7 Å². The third-order valence-corrected chi connectivity index (χ3v) is 3.17. The van der Waals surface area contributed by atoms with E-state index in [1.165, 1.54) is 0 Å². The summed E-state index contributed by atoms with van der Waals surface area (Å²) in [7, 11) is 0. The summed E-state index contributed by atoms with van der Waals surface area (Å²) in [6.45, 7) is 4.78. The smallest absolute Gasteiger partial charge is 0.269 e. The van der Waals surface area contributed by atoms with E-state index >= 15 is 0 Å². The minimum Gasteiger partial charge on any atom is -0.269 e. The number of carbonyl (C=O) groups is 1. The molecule has 0 aliphatic heterocycles. The molecule has 1 aromatic carbocycles. The van der Waals surface area contributed by atoms with Crippen LogP contribution in [0.25, 0.3) is 0 Å². The van der Waals surface area contributed by atoms with Crippen molar-refractivity contribution in [3.8, 4) is 0 Å². The van der Waals surface area contributed by atoms with Gasteiger partial charge >= 0.3 is 0 Å². The van der Waals surface area contributed by atoms with Crippen molar-refractivity contribution in [2.45, 2.75) is 20.4 Å². The maximum Gasteiger partial charge on any atom is 0.271 e. The maximum atomic E-state index is 11.8. The first-order chi connectivity index (χ1) is 9.61. The zero-order valence-electron chi connectivity index (χ0n) is 11.3. The van der Waals surface area contributed by atoms with Gasteiger partial charge in [-0.2, -0.15) is 10.2 Å². The largest absolute Gasteiger partial charge is 0.271 e. The summed E-state index contributed by atoms with van der Waals surface area (Å²) in [6, 6.07) is 6.62. The van der Waals surface area contributed by atoms with Gasteiger partial charge in [0.2, 0.25) is 0 Å². The van der Waals surface area contributed by atoms with Crippen LogP contribution in [0.5, 0.6) is 0 Å². The Bertz CT molecular complexity index is 631. The zero-order valence-corrected chi connectivity index (χ0v) is 12.1. The first-order valence-corrected chi connectivity index (χ1v) is 6.61. The average molecular weight is 291 g/mol. The Hall–Kier alpha value is -2.14. The van der Waals surface area contributed by atoms with Crippen LogP contribution in [0.15, 0.2) is 35.6 Å². The summed E-state index contributed by atoms with van der Waals surface area (Å²) >= 11 is 5.76. The van der Waals surface area contributed by atoms with E-state index < -0.39 is 0 Å². The van der Waals surface area contributed by atoms with Crippen LogP contribution in [0.2, 0.25) is 5.02 Å². The van der Waals surface area contributed by atoms with Gasteiger partial charge in [-0.1, -0.05) is 11.6 Å². The Kier molecular flexibility index (Phi) is 4.53. The normalized spacial score (nSPS) is 10.9. The van der Waals surface area contributed by atoms with Crippen LogP contribution in [0.1, 0.15) is 28.5 Å². The SMILES string of the molecule is CCn1ncc(/C=N/NC(=O)c2ccc(Cl)cc2)c1C. The van der Waals surface area contributed by atoms with Crippen molar-refractivity contribution in [1.29, 1.82) is 0 Å². The number of nitrogens with zero attached hydrogens (tertiary/aromatic N) is 3. The molecule has 1 amide bonds. The highest BCUT2D eigenvalue weighted by Crippen LogP contribution is 2.09. The lowest BCUT2D eigenvalue weighted by atomic mass is 10.2. The second kappa shape index (κ2) is 6.34. The van der Waals surface area contributed by atoms with E-state index in [4.69, 9.17) is 11.6 Å². The minimum absolute atomic E-state index is 0.279. The molecule has 0 fully saturated rings. The van der Waals surface area contributed by atoms with E-state index in [1.807, 2.05) is 18.5 Å². The van der Waals surface area contributed by atoms with Crippen molar-refractivity contribution in [2.75, 3.05) is 0 Å². The van der Waals surface area contributed by atoms with Gasteiger partial charge in [-0.3, -0.25) is 9.48 Å². The van der Waals surface area contributed by atoms with Gasteiger partial charge in [0.15, 0.2) is 0 Å². The van der Waals surface area contributed by atoms with Crippen LogP contribution in [0.3, 0.4) is 0 Å². The molecule has 0 unspecified atom stereocenters. The zero-order chi connectivity index (χ0) is 14.5. The first kappa shape index (κ1) is 14.3. The van der Waals surface area contributed by atoms with Crippen LogP contribution in [0, 0.1) is 6.92 Å². The van der Waals surface area contributed by atoms with E-state index in [9.17, 15) is 4.79 Å². The molecule has 0 aliphatic carbocycles. The molecule has 0 spiro atoms. The van der Waals surface area contributed by atoms with Gasteiger partial charge in [-0.05, 0) is 38.1 Å². The van der Waals surface area contributed by atoms with Crippen molar-refractivity contribution in [3.05, 3.63) is 52.3 Å². The molecule has 1 heterocycles. The standard InChI is InChI=1S/C14H15ClN4O/c1-3-19-10(2)12(9-17-19)8-16-18-14(20)11-4-6-13(15)7-5-11/h4-9H,3H2,1-2H3,(H,18,20)/b16-8+. The summed E-state index contributed by atoms with van der Waals surface area (Å²) in [5.74, 6) is -0.279. The number of rotatable bonds is 4. The second-order valence-corrected chi connectivity index (χ2v) is 4.64. The molecule has 104 valence electrons. The number of hydrazone groups is 1. The van der Waals surface area contributed by atoms with Gasteiger partial charge in [0, 0.05) is 28.4 Å². The van der Waals surface area contributed by atoms with Crippen molar-refractivity contribution < 1.29 is 4.79 Å². The fraction of sp³-hybridized carbons (Fsp3) is 0.214. The van der Waals surface area contributed by atoms with Gasteiger partial charge < -0.3 is 0 Å². The lowest BCUT2D eigenvalue weighted by molar-refractivity contribution is 0.0955. The Morgan fingerprint density at radius 2 is 2.15 bits per heavy atom. The lowest BCUT2D eigenvalue weighted by Crippen LogP contribution is -2.17. The van der Waals surface area contributed by atoms with Crippen molar-refractivity contribution in [1.82, 2.24) is 15.2 Å².